The van der Waals surface area contributed by atoms with Crippen LogP contribution in [0.15, 0.2) is 48.5 Å². The normalized spacial score (nSPS) is 15.6. The van der Waals surface area contributed by atoms with Crippen LogP contribution in [0.3, 0.4) is 0 Å². The van der Waals surface area contributed by atoms with Crippen LogP contribution in [0.4, 0.5) is 4.39 Å². The predicted molar refractivity (Wildman–Crippen MR) is 112 cm³/mol. The number of carbonyl (C=O) groups is 1. The molecule has 0 saturated carbocycles. The molecular formula is C21H19ClFN3OS. The maximum Gasteiger partial charge on any atom is 0.246 e. The zero-order valence-electron chi connectivity index (χ0n) is 15.1. The van der Waals surface area contributed by atoms with Crippen LogP contribution in [0.5, 0.6) is 0 Å². The lowest BCUT2D eigenvalue weighted by molar-refractivity contribution is -0.127. The van der Waals surface area contributed by atoms with E-state index in [0.717, 1.165) is 30.2 Å². The van der Waals surface area contributed by atoms with E-state index in [-0.39, 0.29) is 11.5 Å². The number of rotatable bonds is 4. The highest BCUT2D eigenvalue weighted by Gasteiger charge is 2.20. The molecule has 1 aliphatic rings. The molecule has 1 amide bonds. The average molecular weight is 416 g/mol. The Kier molecular flexibility index (Phi) is 5.71. The van der Waals surface area contributed by atoms with Gasteiger partial charge < -0.3 is 4.90 Å². The van der Waals surface area contributed by atoms with Gasteiger partial charge in [0, 0.05) is 37.8 Å². The molecule has 1 saturated heterocycles. The van der Waals surface area contributed by atoms with Gasteiger partial charge in [0.25, 0.3) is 0 Å². The number of nitrogens with zero attached hydrogens (tertiary/aromatic N) is 3. The Labute approximate surface area is 171 Å². The van der Waals surface area contributed by atoms with E-state index in [2.05, 4.69) is 16.0 Å². The van der Waals surface area contributed by atoms with Crippen LogP contribution in [0.25, 0.3) is 16.3 Å². The van der Waals surface area contributed by atoms with Gasteiger partial charge in [-0.3, -0.25) is 9.69 Å². The zero-order chi connectivity index (χ0) is 19.5. The lowest BCUT2D eigenvalue weighted by Crippen LogP contribution is -2.47. The van der Waals surface area contributed by atoms with Crippen LogP contribution in [-0.4, -0.2) is 46.9 Å². The number of hydrogen-bond acceptors (Lipinski definition) is 4. The summed E-state index contributed by atoms with van der Waals surface area (Å²) >= 11 is 7.71. The van der Waals surface area contributed by atoms with E-state index in [9.17, 15) is 9.18 Å². The fourth-order valence-electron chi connectivity index (χ4n) is 3.24. The topological polar surface area (TPSA) is 36.4 Å². The van der Waals surface area contributed by atoms with Crippen LogP contribution in [0, 0.1) is 5.82 Å². The van der Waals surface area contributed by atoms with Gasteiger partial charge in [-0.25, -0.2) is 9.37 Å². The molecule has 2 aromatic carbocycles. The van der Waals surface area contributed by atoms with E-state index in [1.54, 1.807) is 28.4 Å². The van der Waals surface area contributed by atoms with Crippen molar-refractivity contribution in [1.82, 2.24) is 14.8 Å². The van der Waals surface area contributed by atoms with Crippen molar-refractivity contribution in [3.8, 4) is 0 Å². The third-order valence-corrected chi connectivity index (χ3v) is 6.12. The summed E-state index contributed by atoms with van der Waals surface area (Å²) in [6, 6.07) is 12.6. The molecule has 4 rings (SSSR count). The third kappa shape index (κ3) is 4.24. The van der Waals surface area contributed by atoms with Crippen molar-refractivity contribution in [2.24, 2.45) is 0 Å². The predicted octanol–water partition coefficient (Wildman–Crippen LogP) is 4.45. The van der Waals surface area contributed by atoms with Crippen LogP contribution in [0.2, 0.25) is 5.02 Å². The minimum absolute atomic E-state index is 0.126. The van der Waals surface area contributed by atoms with E-state index in [0.29, 0.717) is 18.1 Å². The van der Waals surface area contributed by atoms with E-state index in [4.69, 9.17) is 11.6 Å². The van der Waals surface area contributed by atoms with Gasteiger partial charge in [-0.15, -0.1) is 11.3 Å². The van der Waals surface area contributed by atoms with Gasteiger partial charge in [-0.2, -0.15) is 0 Å². The highest BCUT2D eigenvalue weighted by atomic mass is 35.5. The Morgan fingerprint density at radius 1 is 1.14 bits per heavy atom. The molecule has 1 aromatic heterocycles. The maximum atomic E-state index is 13.8. The fraction of sp³-hybridized carbons (Fsp3) is 0.238. The molecule has 2 heterocycles. The molecule has 0 atom stereocenters. The number of benzene rings is 2. The highest BCUT2D eigenvalue weighted by molar-refractivity contribution is 7.18. The van der Waals surface area contributed by atoms with Gasteiger partial charge in [0.2, 0.25) is 5.91 Å². The van der Waals surface area contributed by atoms with Crippen molar-refractivity contribution in [3.63, 3.8) is 0 Å². The van der Waals surface area contributed by atoms with E-state index in [1.807, 2.05) is 18.2 Å². The van der Waals surface area contributed by atoms with Gasteiger partial charge in [0.05, 0.1) is 21.8 Å². The molecule has 0 aliphatic carbocycles. The average Bonchev–Trinajstić information content (AvgIpc) is 3.10. The zero-order valence-corrected chi connectivity index (χ0v) is 16.7. The van der Waals surface area contributed by atoms with Crippen molar-refractivity contribution in [2.75, 3.05) is 26.2 Å². The number of fused-ring (bicyclic) bond motifs is 1. The number of thiazole rings is 1. The molecule has 0 radical (unpaired) electrons. The monoisotopic (exact) mass is 415 g/mol. The molecule has 0 unspecified atom stereocenters. The summed E-state index contributed by atoms with van der Waals surface area (Å²) in [4.78, 5) is 21.2. The smallest absolute Gasteiger partial charge is 0.246 e. The molecule has 7 heteroatoms. The second kappa shape index (κ2) is 8.39. The first-order chi connectivity index (χ1) is 13.6. The standard InChI is InChI=1S/C21H19ClFN3OS/c22-16-4-3-5-17(23)15(16)8-9-21(27)26-12-10-25(11-13-26)14-20-24-18-6-1-2-7-19(18)28-20/h1-9H,10-14H2/b9-8+. The summed E-state index contributed by atoms with van der Waals surface area (Å²) in [5.41, 5.74) is 1.28. The molecule has 144 valence electrons. The first-order valence-electron chi connectivity index (χ1n) is 9.08. The molecule has 0 N–H and O–H groups in total. The Morgan fingerprint density at radius 3 is 2.68 bits per heavy atom. The summed E-state index contributed by atoms with van der Waals surface area (Å²) in [6.45, 7) is 3.64. The van der Waals surface area contributed by atoms with Crippen LogP contribution < -0.4 is 0 Å². The first-order valence-corrected chi connectivity index (χ1v) is 10.3. The van der Waals surface area contributed by atoms with Crippen LogP contribution in [0.1, 0.15) is 10.6 Å². The van der Waals surface area contributed by atoms with Crippen molar-refractivity contribution in [2.45, 2.75) is 6.54 Å². The van der Waals surface area contributed by atoms with Crippen molar-refractivity contribution in [3.05, 3.63) is 70.0 Å². The fourth-order valence-corrected chi connectivity index (χ4v) is 4.47. The quantitative estimate of drug-likeness (QED) is 0.591. The summed E-state index contributed by atoms with van der Waals surface area (Å²) in [7, 11) is 0. The Bertz CT molecular complexity index is 974. The lowest BCUT2D eigenvalue weighted by atomic mass is 10.2. The first kappa shape index (κ1) is 19.1. The Morgan fingerprint density at radius 2 is 1.93 bits per heavy atom. The second-order valence-electron chi connectivity index (χ2n) is 6.65. The van der Waals surface area contributed by atoms with Crippen molar-refractivity contribution in [1.29, 1.82) is 0 Å². The third-order valence-electron chi connectivity index (χ3n) is 4.77. The molecule has 1 fully saturated rings. The van der Waals surface area contributed by atoms with Gasteiger partial charge in [-0.1, -0.05) is 29.8 Å². The van der Waals surface area contributed by atoms with Crippen molar-refractivity contribution >= 4 is 45.1 Å². The SMILES string of the molecule is O=C(/C=C/c1c(F)cccc1Cl)N1CCN(Cc2nc3ccccc3s2)CC1. The van der Waals surface area contributed by atoms with Gasteiger partial charge in [0.1, 0.15) is 10.8 Å². The molecule has 28 heavy (non-hydrogen) atoms. The number of piperazine rings is 1. The summed E-state index contributed by atoms with van der Waals surface area (Å²) in [5.74, 6) is -0.559. The summed E-state index contributed by atoms with van der Waals surface area (Å²) < 4.78 is 15.0. The number of para-hydroxylation sites is 1. The van der Waals surface area contributed by atoms with Gasteiger partial charge >= 0.3 is 0 Å². The van der Waals surface area contributed by atoms with Gasteiger partial charge in [0.15, 0.2) is 0 Å². The number of halogens is 2. The molecule has 0 spiro atoms. The summed E-state index contributed by atoms with van der Waals surface area (Å²) in [5, 5.41) is 1.39. The number of aromatic nitrogens is 1. The maximum absolute atomic E-state index is 13.8. The van der Waals surface area contributed by atoms with Crippen LogP contribution >= 0.6 is 22.9 Å². The van der Waals surface area contributed by atoms with E-state index < -0.39 is 5.82 Å². The minimum atomic E-state index is -0.433. The lowest BCUT2D eigenvalue weighted by Gasteiger charge is -2.33. The number of carbonyl (C=O) groups excluding carboxylic acids is 1. The number of amides is 1. The van der Waals surface area contributed by atoms with Crippen LogP contribution in [-0.2, 0) is 11.3 Å². The molecule has 1 aliphatic heterocycles. The molecule has 4 nitrogen and oxygen atoms in total. The van der Waals surface area contributed by atoms with E-state index >= 15 is 0 Å². The van der Waals surface area contributed by atoms with Gasteiger partial charge in [-0.05, 0) is 30.3 Å². The van der Waals surface area contributed by atoms with E-state index in [1.165, 1.54) is 22.9 Å². The molecule has 0 bridgehead atoms. The highest BCUT2D eigenvalue weighted by Crippen LogP contribution is 2.23. The number of hydrogen-bond donors (Lipinski definition) is 0. The Balaban J connectivity index is 1.33. The van der Waals surface area contributed by atoms with Crippen molar-refractivity contribution < 1.29 is 9.18 Å². The largest absolute Gasteiger partial charge is 0.337 e. The second-order valence-corrected chi connectivity index (χ2v) is 8.17. The summed E-state index contributed by atoms with van der Waals surface area (Å²) in [6.07, 6.45) is 2.85. The minimum Gasteiger partial charge on any atom is -0.337 e. The molecule has 3 aromatic rings. The molecular weight excluding hydrogens is 397 g/mol. The Hall–Kier alpha value is -2.28.